The van der Waals surface area contributed by atoms with Gasteiger partial charge in [0.05, 0.1) is 6.04 Å². The van der Waals surface area contributed by atoms with E-state index in [1.165, 1.54) is 12.3 Å². The molecular weight excluding hydrogens is 372 g/mol. The van der Waals surface area contributed by atoms with Crippen LogP contribution in [-0.4, -0.2) is 43.8 Å². The molecule has 9 heteroatoms. The fourth-order valence-electron chi connectivity index (χ4n) is 2.81. The molecule has 2 unspecified atom stereocenters. The largest absolute Gasteiger partial charge is 0.477 e. The first-order valence-electron chi connectivity index (χ1n) is 8.77. The number of amides is 1. The van der Waals surface area contributed by atoms with Gasteiger partial charge in [0.25, 0.3) is 0 Å². The van der Waals surface area contributed by atoms with Crippen LogP contribution in [0.15, 0.2) is 12.3 Å². The van der Waals surface area contributed by atoms with Crippen molar-refractivity contribution in [2.45, 2.75) is 52.7 Å². The SMILES string of the molecule is CCC(C)C(CNC(=O)OC(C)(C)C)n1c(C(=O)O)cc2cnc(Cl)nc21. The number of hydrogen-bond donors (Lipinski definition) is 2. The van der Waals surface area contributed by atoms with Gasteiger partial charge in [0, 0.05) is 18.1 Å². The Bertz CT molecular complexity index is 844. The van der Waals surface area contributed by atoms with Crippen LogP contribution >= 0.6 is 11.6 Å². The van der Waals surface area contributed by atoms with Crippen molar-refractivity contribution >= 4 is 34.7 Å². The molecule has 1 amide bonds. The number of hydrogen-bond acceptors (Lipinski definition) is 5. The third-order valence-electron chi connectivity index (χ3n) is 4.25. The number of carbonyl (C=O) groups is 2. The van der Waals surface area contributed by atoms with Crippen molar-refractivity contribution in [3.05, 3.63) is 23.2 Å². The van der Waals surface area contributed by atoms with Gasteiger partial charge in [0.15, 0.2) is 0 Å². The molecule has 2 atom stereocenters. The van der Waals surface area contributed by atoms with E-state index in [0.717, 1.165) is 6.42 Å². The molecule has 2 N–H and O–H groups in total. The number of ether oxygens (including phenoxy) is 1. The molecule has 0 fully saturated rings. The molecule has 2 rings (SSSR count). The lowest BCUT2D eigenvalue weighted by molar-refractivity contribution is 0.0515. The summed E-state index contributed by atoms with van der Waals surface area (Å²) in [6, 6.07) is 1.16. The number of aromatic carboxylic acids is 1. The van der Waals surface area contributed by atoms with Crippen molar-refractivity contribution in [2.24, 2.45) is 5.92 Å². The fraction of sp³-hybridized carbons (Fsp3) is 0.556. The van der Waals surface area contributed by atoms with Crippen LogP contribution in [0.1, 0.15) is 57.6 Å². The average Bonchev–Trinajstić information content (AvgIpc) is 2.92. The quantitative estimate of drug-likeness (QED) is 0.717. The van der Waals surface area contributed by atoms with Gasteiger partial charge in [-0.2, -0.15) is 4.98 Å². The lowest BCUT2D eigenvalue weighted by atomic mass is 9.98. The average molecular weight is 397 g/mol. The summed E-state index contributed by atoms with van der Waals surface area (Å²) in [6.07, 6.45) is 1.71. The number of rotatable bonds is 6. The Balaban J connectivity index is 2.44. The van der Waals surface area contributed by atoms with Crippen LogP contribution in [0.4, 0.5) is 4.79 Å². The highest BCUT2D eigenvalue weighted by Gasteiger charge is 2.27. The lowest BCUT2D eigenvalue weighted by Crippen LogP contribution is -2.38. The molecule has 2 heterocycles. The van der Waals surface area contributed by atoms with E-state index >= 15 is 0 Å². The number of carbonyl (C=O) groups excluding carboxylic acids is 1. The number of halogens is 1. The van der Waals surface area contributed by atoms with Crippen molar-refractivity contribution in [3.8, 4) is 0 Å². The maximum absolute atomic E-state index is 12.1. The molecular formula is C18H25ClN4O4. The topological polar surface area (TPSA) is 106 Å². The second-order valence-corrected chi connectivity index (χ2v) is 7.80. The zero-order valence-corrected chi connectivity index (χ0v) is 16.9. The molecule has 0 aliphatic carbocycles. The van der Waals surface area contributed by atoms with Crippen molar-refractivity contribution in [3.63, 3.8) is 0 Å². The van der Waals surface area contributed by atoms with Gasteiger partial charge < -0.3 is 19.7 Å². The number of carboxylic acid groups (broad SMARTS) is 1. The predicted octanol–water partition coefficient (Wildman–Crippen LogP) is 3.89. The molecule has 8 nitrogen and oxygen atoms in total. The van der Waals surface area contributed by atoms with Crippen LogP contribution in [-0.2, 0) is 4.74 Å². The fourth-order valence-corrected chi connectivity index (χ4v) is 2.94. The van der Waals surface area contributed by atoms with Gasteiger partial charge in [-0.1, -0.05) is 20.3 Å². The molecule has 0 aliphatic heterocycles. The van der Waals surface area contributed by atoms with Gasteiger partial charge in [0.1, 0.15) is 16.9 Å². The zero-order valence-electron chi connectivity index (χ0n) is 16.1. The van der Waals surface area contributed by atoms with Crippen molar-refractivity contribution in [1.82, 2.24) is 19.9 Å². The van der Waals surface area contributed by atoms with Crippen LogP contribution in [0.5, 0.6) is 0 Å². The lowest BCUT2D eigenvalue weighted by Gasteiger charge is -2.28. The van der Waals surface area contributed by atoms with Gasteiger partial charge in [-0.3, -0.25) is 0 Å². The first-order valence-corrected chi connectivity index (χ1v) is 9.15. The molecule has 0 saturated carbocycles. The van der Waals surface area contributed by atoms with Crippen LogP contribution in [0.3, 0.4) is 0 Å². The summed E-state index contributed by atoms with van der Waals surface area (Å²) in [5.74, 6) is -1.03. The van der Waals surface area contributed by atoms with Crippen LogP contribution in [0.25, 0.3) is 11.0 Å². The Labute approximate surface area is 162 Å². The Morgan fingerprint density at radius 2 is 2.07 bits per heavy atom. The number of carboxylic acids is 1. The van der Waals surface area contributed by atoms with E-state index in [1.807, 2.05) is 13.8 Å². The third-order valence-corrected chi connectivity index (χ3v) is 4.43. The summed E-state index contributed by atoms with van der Waals surface area (Å²) in [4.78, 5) is 32.0. The normalized spacial score (nSPS) is 14.0. The van der Waals surface area contributed by atoms with Gasteiger partial charge in [-0.15, -0.1) is 0 Å². The van der Waals surface area contributed by atoms with E-state index in [9.17, 15) is 14.7 Å². The van der Waals surface area contributed by atoms with Crippen molar-refractivity contribution < 1.29 is 19.4 Å². The van der Waals surface area contributed by atoms with E-state index in [-0.39, 0.29) is 29.5 Å². The Kier molecular flexibility index (Phi) is 6.30. The van der Waals surface area contributed by atoms with E-state index in [1.54, 1.807) is 25.3 Å². The van der Waals surface area contributed by atoms with E-state index in [4.69, 9.17) is 16.3 Å². The molecule has 0 aliphatic rings. The van der Waals surface area contributed by atoms with Crippen LogP contribution in [0, 0.1) is 5.92 Å². The Hall–Kier alpha value is -2.35. The molecule has 2 aromatic rings. The highest BCUT2D eigenvalue weighted by Crippen LogP contribution is 2.29. The van der Waals surface area contributed by atoms with Crippen molar-refractivity contribution in [1.29, 1.82) is 0 Å². The van der Waals surface area contributed by atoms with E-state index in [0.29, 0.717) is 11.0 Å². The molecule has 148 valence electrons. The minimum atomic E-state index is -1.09. The maximum Gasteiger partial charge on any atom is 0.407 e. The summed E-state index contributed by atoms with van der Waals surface area (Å²) in [5, 5.41) is 13.0. The Morgan fingerprint density at radius 3 is 2.63 bits per heavy atom. The van der Waals surface area contributed by atoms with Crippen LogP contribution in [0.2, 0.25) is 5.28 Å². The van der Waals surface area contributed by atoms with Crippen LogP contribution < -0.4 is 5.32 Å². The number of nitrogens with zero attached hydrogens (tertiary/aromatic N) is 3. The second kappa shape index (κ2) is 8.12. The standard InChI is InChI=1S/C18H25ClN4O4/c1-6-10(2)13(9-21-17(26)27-18(3,4)5)23-12(15(24)25)7-11-8-20-16(19)22-14(11)23/h7-8,10,13H,6,9H2,1-5H3,(H,21,26)(H,24,25). The van der Waals surface area contributed by atoms with Crippen molar-refractivity contribution in [2.75, 3.05) is 6.54 Å². The molecule has 0 bridgehead atoms. The molecule has 0 spiro atoms. The number of nitrogens with one attached hydrogen (secondary N) is 1. The molecule has 27 heavy (non-hydrogen) atoms. The molecule has 0 saturated heterocycles. The minimum Gasteiger partial charge on any atom is -0.477 e. The summed E-state index contributed by atoms with van der Waals surface area (Å²) < 4.78 is 6.89. The van der Waals surface area contributed by atoms with E-state index < -0.39 is 17.7 Å². The highest BCUT2D eigenvalue weighted by atomic mass is 35.5. The summed E-state index contributed by atoms with van der Waals surface area (Å²) in [5.41, 5.74) is -0.134. The summed E-state index contributed by atoms with van der Waals surface area (Å²) in [7, 11) is 0. The first kappa shape index (κ1) is 21.0. The monoisotopic (exact) mass is 396 g/mol. The molecule has 2 aromatic heterocycles. The smallest absolute Gasteiger partial charge is 0.407 e. The highest BCUT2D eigenvalue weighted by molar-refractivity contribution is 6.28. The maximum atomic E-state index is 12.1. The predicted molar refractivity (Wildman–Crippen MR) is 102 cm³/mol. The number of alkyl carbamates (subject to hydrolysis) is 1. The number of aromatic nitrogens is 3. The molecule has 0 aromatic carbocycles. The first-order chi connectivity index (χ1) is 12.5. The zero-order chi connectivity index (χ0) is 20.4. The van der Waals surface area contributed by atoms with Gasteiger partial charge in [0.2, 0.25) is 5.28 Å². The Morgan fingerprint density at radius 1 is 1.41 bits per heavy atom. The van der Waals surface area contributed by atoms with Gasteiger partial charge in [-0.05, 0) is 44.4 Å². The third kappa shape index (κ3) is 5.09. The second-order valence-electron chi connectivity index (χ2n) is 7.46. The van der Waals surface area contributed by atoms with Gasteiger partial charge in [-0.25, -0.2) is 14.6 Å². The van der Waals surface area contributed by atoms with E-state index in [2.05, 4.69) is 15.3 Å². The summed E-state index contributed by atoms with van der Waals surface area (Å²) >= 11 is 5.93. The summed E-state index contributed by atoms with van der Waals surface area (Å²) in [6.45, 7) is 9.51. The number of fused-ring (bicyclic) bond motifs is 1. The minimum absolute atomic E-state index is 0.0294. The van der Waals surface area contributed by atoms with Gasteiger partial charge >= 0.3 is 12.1 Å². The molecule has 0 radical (unpaired) electrons.